The SMILES string of the molecule is CC(C)CCCCCCCCCCCCCCCCCC(=O)O[C@H](COC(=O)CCCCCCCCC(C)C)COP(=O)(O)OCC(O)COP(=O)(O)OC[C@@H](COC(=O)CCCCCCCCCC(C)C)OC(=O)CCCCCCCCCCCCCCCCC(C)C. The van der Waals surface area contributed by atoms with Crippen LogP contribution in [0, 0.1) is 23.7 Å². The van der Waals surface area contributed by atoms with Crippen molar-refractivity contribution in [2.45, 2.75) is 395 Å². The standard InChI is InChI=1S/C75H146O17P2/c1-65(2)51-43-35-27-22-18-14-10-9-11-16-20-24-30-41-49-58-75(80)92-71(62-86-73(78)56-48-40-34-33-38-46-54-68(7)8)64-90-94(83,84)88-60-69(76)59-87-93(81,82)89-63-70(61-85-72(77)55-47-39-32-26-29-37-45-53-67(5)6)91-74(79)57-50-42-31-25-21-17-13-12-15-19-23-28-36-44-52-66(3)4/h65-71,76H,9-64H2,1-8H3,(H,81,82)(H,83,84)/t69?,70-,71-/m1/s1. The molecule has 0 bridgehead atoms. The average Bonchev–Trinajstić information content (AvgIpc) is 1.08. The Morgan fingerprint density at radius 1 is 0.266 bits per heavy atom. The average molecular weight is 1380 g/mol. The first-order valence-electron chi connectivity index (χ1n) is 38.7. The lowest BCUT2D eigenvalue weighted by Gasteiger charge is -2.21. The molecule has 19 heteroatoms. The number of aliphatic hydroxyl groups is 1. The summed E-state index contributed by atoms with van der Waals surface area (Å²) in [5.41, 5.74) is 0. The second kappa shape index (κ2) is 64.4. The highest BCUT2D eigenvalue weighted by Gasteiger charge is 2.30. The maximum atomic E-state index is 13.0. The van der Waals surface area contributed by atoms with Crippen LogP contribution in [0.3, 0.4) is 0 Å². The Kier molecular flexibility index (Phi) is 63.1. The molecule has 0 saturated carbocycles. The summed E-state index contributed by atoms with van der Waals surface area (Å²) >= 11 is 0. The van der Waals surface area contributed by atoms with Crippen molar-refractivity contribution < 1.29 is 80.2 Å². The van der Waals surface area contributed by atoms with Crippen LogP contribution in [0.5, 0.6) is 0 Å². The number of ether oxygens (including phenoxy) is 4. The van der Waals surface area contributed by atoms with E-state index in [1.54, 1.807) is 0 Å². The molecule has 0 radical (unpaired) electrons. The molecule has 0 aliphatic carbocycles. The minimum atomic E-state index is -4.95. The lowest BCUT2D eigenvalue weighted by Crippen LogP contribution is -2.30. The molecule has 94 heavy (non-hydrogen) atoms. The number of hydrogen-bond acceptors (Lipinski definition) is 15. The number of esters is 4. The molecular weight excluding hydrogens is 1230 g/mol. The molecule has 0 rings (SSSR count). The fourth-order valence-corrected chi connectivity index (χ4v) is 13.0. The lowest BCUT2D eigenvalue weighted by molar-refractivity contribution is -0.161. The third kappa shape index (κ3) is 68.6. The van der Waals surface area contributed by atoms with E-state index in [4.69, 9.17) is 37.0 Å². The highest BCUT2D eigenvalue weighted by molar-refractivity contribution is 7.47. The van der Waals surface area contributed by atoms with Gasteiger partial charge in [-0.15, -0.1) is 0 Å². The van der Waals surface area contributed by atoms with Crippen molar-refractivity contribution in [3.05, 3.63) is 0 Å². The van der Waals surface area contributed by atoms with E-state index in [1.165, 1.54) is 167 Å². The molecule has 5 atom stereocenters. The third-order valence-corrected chi connectivity index (χ3v) is 19.2. The molecule has 0 aliphatic rings. The minimum Gasteiger partial charge on any atom is -0.462 e. The summed E-state index contributed by atoms with van der Waals surface area (Å²) in [6, 6.07) is 0. The molecule has 3 unspecified atom stereocenters. The van der Waals surface area contributed by atoms with Crippen LogP contribution in [0.4, 0.5) is 0 Å². The number of aliphatic hydroxyl groups excluding tert-OH is 1. The minimum absolute atomic E-state index is 0.106. The Morgan fingerprint density at radius 2 is 0.447 bits per heavy atom. The topological polar surface area (TPSA) is 237 Å². The smallest absolute Gasteiger partial charge is 0.462 e. The Bertz CT molecular complexity index is 1850. The molecule has 0 aromatic rings. The predicted octanol–water partition coefficient (Wildman–Crippen LogP) is 21.7. The van der Waals surface area contributed by atoms with Gasteiger partial charge in [0.05, 0.1) is 26.4 Å². The molecule has 3 N–H and O–H groups in total. The van der Waals surface area contributed by atoms with E-state index >= 15 is 0 Å². The molecular formula is C75H146O17P2. The largest absolute Gasteiger partial charge is 0.472 e. The second-order valence-corrected chi connectivity index (χ2v) is 31.9. The van der Waals surface area contributed by atoms with Gasteiger partial charge in [-0.05, 0) is 49.4 Å². The molecule has 0 heterocycles. The molecule has 558 valence electrons. The monoisotopic (exact) mass is 1380 g/mol. The van der Waals surface area contributed by atoms with Gasteiger partial charge in [0, 0.05) is 25.7 Å². The normalized spacial score (nSPS) is 14.2. The highest BCUT2D eigenvalue weighted by Crippen LogP contribution is 2.45. The molecule has 0 saturated heterocycles. The van der Waals surface area contributed by atoms with Crippen LogP contribution in [0.15, 0.2) is 0 Å². The van der Waals surface area contributed by atoms with Gasteiger partial charge >= 0.3 is 39.5 Å². The Labute approximate surface area is 575 Å². The summed E-state index contributed by atoms with van der Waals surface area (Å²) in [7, 11) is -9.91. The van der Waals surface area contributed by atoms with Crippen molar-refractivity contribution in [3.63, 3.8) is 0 Å². The zero-order valence-corrected chi connectivity index (χ0v) is 63.4. The van der Waals surface area contributed by atoms with Gasteiger partial charge in [-0.1, -0.05) is 325 Å². The van der Waals surface area contributed by atoms with Crippen LogP contribution in [0.2, 0.25) is 0 Å². The van der Waals surface area contributed by atoms with Crippen LogP contribution >= 0.6 is 15.6 Å². The summed E-state index contributed by atoms with van der Waals surface area (Å²) < 4.78 is 68.4. The van der Waals surface area contributed by atoms with Gasteiger partial charge in [0.1, 0.15) is 19.3 Å². The summed E-state index contributed by atoms with van der Waals surface area (Å²) in [4.78, 5) is 72.7. The van der Waals surface area contributed by atoms with Gasteiger partial charge in [-0.25, -0.2) is 9.13 Å². The van der Waals surface area contributed by atoms with E-state index < -0.39 is 97.5 Å². The van der Waals surface area contributed by atoms with Crippen molar-refractivity contribution in [1.82, 2.24) is 0 Å². The van der Waals surface area contributed by atoms with Crippen molar-refractivity contribution >= 4 is 39.5 Å². The molecule has 0 fully saturated rings. The van der Waals surface area contributed by atoms with Gasteiger partial charge < -0.3 is 33.8 Å². The number of unbranched alkanes of at least 4 members (excludes halogenated alkanes) is 38. The zero-order chi connectivity index (χ0) is 69.6. The van der Waals surface area contributed by atoms with Gasteiger partial charge in [0.25, 0.3) is 0 Å². The van der Waals surface area contributed by atoms with E-state index in [0.29, 0.717) is 37.5 Å². The summed E-state index contributed by atoms with van der Waals surface area (Å²) in [5, 5.41) is 10.6. The first-order valence-corrected chi connectivity index (χ1v) is 41.7. The predicted molar refractivity (Wildman–Crippen MR) is 381 cm³/mol. The van der Waals surface area contributed by atoms with E-state index in [1.807, 2.05) is 0 Å². The second-order valence-electron chi connectivity index (χ2n) is 28.9. The number of rotatable bonds is 72. The highest BCUT2D eigenvalue weighted by atomic mass is 31.2. The number of carbonyl (C=O) groups is 4. The zero-order valence-electron chi connectivity index (χ0n) is 61.6. The van der Waals surface area contributed by atoms with Gasteiger partial charge in [-0.3, -0.25) is 37.3 Å². The van der Waals surface area contributed by atoms with E-state index in [2.05, 4.69) is 55.4 Å². The van der Waals surface area contributed by atoms with Crippen molar-refractivity contribution in [1.29, 1.82) is 0 Å². The van der Waals surface area contributed by atoms with Gasteiger partial charge in [0.2, 0.25) is 0 Å². The molecule has 17 nitrogen and oxygen atoms in total. The molecule has 0 spiro atoms. The first-order chi connectivity index (χ1) is 45.1. The lowest BCUT2D eigenvalue weighted by atomic mass is 10.0. The number of phosphoric acid groups is 2. The van der Waals surface area contributed by atoms with Crippen molar-refractivity contribution in [2.24, 2.45) is 23.7 Å². The Hall–Kier alpha value is -1.94. The first kappa shape index (κ1) is 92.1. The third-order valence-electron chi connectivity index (χ3n) is 17.3. The maximum absolute atomic E-state index is 13.0. The molecule has 0 amide bonds. The van der Waals surface area contributed by atoms with Crippen LogP contribution in [-0.4, -0.2) is 96.7 Å². The van der Waals surface area contributed by atoms with E-state index in [-0.39, 0.29) is 25.7 Å². The number of hydrogen-bond donors (Lipinski definition) is 3. The molecule has 0 aromatic carbocycles. The Morgan fingerprint density at radius 3 is 0.660 bits per heavy atom. The van der Waals surface area contributed by atoms with Crippen molar-refractivity contribution in [2.75, 3.05) is 39.6 Å². The van der Waals surface area contributed by atoms with Crippen LogP contribution < -0.4 is 0 Å². The summed E-state index contributed by atoms with van der Waals surface area (Å²) in [6.07, 6.45) is 48.9. The fourth-order valence-electron chi connectivity index (χ4n) is 11.4. The maximum Gasteiger partial charge on any atom is 0.472 e. The van der Waals surface area contributed by atoms with Gasteiger partial charge in [-0.2, -0.15) is 0 Å². The van der Waals surface area contributed by atoms with E-state index in [9.17, 15) is 43.2 Å². The number of carbonyl (C=O) groups excluding carboxylic acids is 4. The van der Waals surface area contributed by atoms with Crippen LogP contribution in [-0.2, 0) is 65.4 Å². The van der Waals surface area contributed by atoms with Crippen LogP contribution in [0.25, 0.3) is 0 Å². The fraction of sp³-hybridized carbons (Fsp3) is 0.947. The molecule has 0 aliphatic heterocycles. The van der Waals surface area contributed by atoms with E-state index in [0.717, 1.165) is 115 Å². The van der Waals surface area contributed by atoms with Crippen LogP contribution in [0.1, 0.15) is 376 Å². The van der Waals surface area contributed by atoms with Gasteiger partial charge in [0.15, 0.2) is 12.2 Å². The van der Waals surface area contributed by atoms with Crippen molar-refractivity contribution in [3.8, 4) is 0 Å². The summed E-state index contributed by atoms with van der Waals surface area (Å²) in [6.45, 7) is 14.1. The quantitative estimate of drug-likeness (QED) is 0.0222. The summed E-state index contributed by atoms with van der Waals surface area (Å²) in [5.74, 6) is 0.857. The molecule has 0 aromatic heterocycles. The number of phosphoric ester groups is 2. The Balaban J connectivity index is 5.19.